The van der Waals surface area contributed by atoms with E-state index >= 15 is 4.39 Å². The van der Waals surface area contributed by atoms with Gasteiger partial charge in [-0.2, -0.15) is 0 Å². The van der Waals surface area contributed by atoms with Gasteiger partial charge in [0.2, 0.25) is 0 Å². The van der Waals surface area contributed by atoms with Crippen LogP contribution in [0, 0.1) is 0 Å². The number of nitrogens with one attached hydrogen (secondary N) is 1. The molecular formula is C27H42FNO5Sn. The molecule has 0 aromatic heterocycles. The molecule has 1 unspecified atom stereocenters. The molecule has 6 nitrogen and oxygen atoms in total. The molecule has 35 heavy (non-hydrogen) atoms. The Labute approximate surface area is 213 Å². The zero-order valence-electron chi connectivity index (χ0n) is 22.0. The second-order valence-corrected chi connectivity index (χ2v) is 22.1. The number of unbranched alkanes of at least 4 members (excludes halogenated alkanes) is 3. The second-order valence-electron chi connectivity index (χ2n) is 9.12. The summed E-state index contributed by atoms with van der Waals surface area (Å²) in [5.74, 6) is -2.24. The first kappa shape index (κ1) is 31.1. The fourth-order valence-electron chi connectivity index (χ4n) is 4.31. The number of rotatable bonds is 16. The normalized spacial score (nSPS) is 13.6. The Morgan fingerprint density at radius 1 is 0.914 bits per heavy atom. The molecule has 1 atom stereocenters. The molecule has 1 aromatic rings. The van der Waals surface area contributed by atoms with Crippen molar-refractivity contribution in [3.05, 3.63) is 45.8 Å². The molecular weight excluding hydrogens is 556 g/mol. The zero-order valence-corrected chi connectivity index (χ0v) is 24.8. The Kier molecular flexibility index (Phi) is 14.2. The number of carbonyl (C=O) groups excluding carboxylic acids is 3. The van der Waals surface area contributed by atoms with Gasteiger partial charge in [-0.25, -0.2) is 0 Å². The molecule has 0 aliphatic carbocycles. The summed E-state index contributed by atoms with van der Waals surface area (Å²) >= 11 is -3.59. The summed E-state index contributed by atoms with van der Waals surface area (Å²) < 4.78 is 28.6. The van der Waals surface area contributed by atoms with Crippen LogP contribution >= 0.6 is 0 Å². The molecule has 0 aliphatic heterocycles. The van der Waals surface area contributed by atoms with Gasteiger partial charge in [0.25, 0.3) is 0 Å². The van der Waals surface area contributed by atoms with Crippen molar-refractivity contribution in [2.75, 3.05) is 14.2 Å². The molecule has 1 N–H and O–H groups in total. The van der Waals surface area contributed by atoms with Crippen molar-refractivity contribution in [2.45, 2.75) is 84.6 Å². The van der Waals surface area contributed by atoms with Gasteiger partial charge in [-0.05, 0) is 0 Å². The second kappa shape index (κ2) is 16.0. The van der Waals surface area contributed by atoms with Gasteiger partial charge in [-0.1, -0.05) is 0 Å². The number of hydrogen-bond donors (Lipinski definition) is 1. The van der Waals surface area contributed by atoms with Crippen molar-refractivity contribution in [1.29, 1.82) is 0 Å². The molecule has 1 amide bonds. The van der Waals surface area contributed by atoms with E-state index in [2.05, 4.69) is 26.1 Å². The third-order valence-corrected chi connectivity index (χ3v) is 21.0. The number of benzene rings is 1. The van der Waals surface area contributed by atoms with Gasteiger partial charge in [-0.15, -0.1) is 0 Å². The fraction of sp³-hybridized carbons (Fsp3) is 0.593. The van der Waals surface area contributed by atoms with E-state index in [9.17, 15) is 14.4 Å². The van der Waals surface area contributed by atoms with Crippen molar-refractivity contribution in [2.24, 2.45) is 0 Å². The molecule has 1 aromatic carbocycles. The zero-order chi connectivity index (χ0) is 26.3. The number of amides is 1. The van der Waals surface area contributed by atoms with Crippen LogP contribution in [0.25, 0.3) is 0 Å². The Balaban J connectivity index is 3.68. The van der Waals surface area contributed by atoms with E-state index in [1.807, 2.05) is 0 Å². The van der Waals surface area contributed by atoms with E-state index < -0.39 is 48.2 Å². The van der Waals surface area contributed by atoms with Crippen molar-refractivity contribution in [3.63, 3.8) is 0 Å². The van der Waals surface area contributed by atoms with E-state index in [1.165, 1.54) is 13.2 Å². The Morgan fingerprint density at radius 2 is 1.43 bits per heavy atom. The molecule has 196 valence electrons. The number of ether oxygens (including phenoxy) is 2. The van der Waals surface area contributed by atoms with Crippen LogP contribution in [-0.4, -0.2) is 56.0 Å². The third-order valence-electron chi connectivity index (χ3n) is 6.48. The number of methoxy groups -OCH3 is 2. The van der Waals surface area contributed by atoms with Gasteiger partial charge in [0, 0.05) is 0 Å². The minimum atomic E-state index is -3.59. The number of hydrogen-bond acceptors (Lipinski definition) is 5. The first-order valence-corrected chi connectivity index (χ1v) is 20.1. The molecule has 8 heteroatoms. The van der Waals surface area contributed by atoms with Crippen LogP contribution in [0.1, 0.15) is 76.1 Å². The van der Waals surface area contributed by atoms with Crippen molar-refractivity contribution < 1.29 is 28.2 Å². The average molecular weight is 598 g/mol. The Hall–Kier alpha value is -1.90. The molecule has 0 fully saturated rings. The van der Waals surface area contributed by atoms with Crippen molar-refractivity contribution in [1.82, 2.24) is 5.32 Å². The maximum absolute atomic E-state index is 16.5. The summed E-state index contributed by atoms with van der Waals surface area (Å²) in [6, 6.07) is 8.31. The Morgan fingerprint density at radius 3 is 1.86 bits per heavy atom. The van der Waals surface area contributed by atoms with Gasteiger partial charge in [0.15, 0.2) is 0 Å². The molecule has 0 saturated carbocycles. The SMILES string of the molecule is CCC[CH2][Sn]([CH2]CCC)([CH2]CCC)/[C](F)=C/C(CC(=O)OC)(NC(=O)c1ccccc1)C(=O)OC. The summed E-state index contributed by atoms with van der Waals surface area (Å²) in [6.07, 6.45) is 6.28. The number of esters is 2. The van der Waals surface area contributed by atoms with Gasteiger partial charge in [0.05, 0.1) is 0 Å². The molecule has 0 radical (unpaired) electrons. The first-order chi connectivity index (χ1) is 16.7. The van der Waals surface area contributed by atoms with Crippen LogP contribution in [0.5, 0.6) is 0 Å². The van der Waals surface area contributed by atoms with Gasteiger partial charge in [0.1, 0.15) is 0 Å². The van der Waals surface area contributed by atoms with Gasteiger partial charge in [-0.3, -0.25) is 0 Å². The van der Waals surface area contributed by atoms with E-state index in [1.54, 1.807) is 30.3 Å². The molecule has 0 heterocycles. The van der Waals surface area contributed by atoms with E-state index in [4.69, 9.17) is 9.47 Å². The molecule has 1 rings (SSSR count). The summed E-state index contributed by atoms with van der Waals surface area (Å²) in [5.41, 5.74) is -1.71. The monoisotopic (exact) mass is 599 g/mol. The summed E-state index contributed by atoms with van der Waals surface area (Å²) in [4.78, 5) is 38.6. The molecule has 0 aliphatic rings. The average Bonchev–Trinajstić information content (AvgIpc) is 2.88. The minimum absolute atomic E-state index is 0.280. The first-order valence-electron chi connectivity index (χ1n) is 12.7. The Bertz CT molecular complexity index is 823. The predicted molar refractivity (Wildman–Crippen MR) is 139 cm³/mol. The topological polar surface area (TPSA) is 81.7 Å². The predicted octanol–water partition coefficient (Wildman–Crippen LogP) is 6.13. The van der Waals surface area contributed by atoms with Crippen LogP contribution in [0.2, 0.25) is 13.3 Å². The van der Waals surface area contributed by atoms with Gasteiger partial charge >= 0.3 is 214 Å². The summed E-state index contributed by atoms with van der Waals surface area (Å²) in [5, 5.41) is 2.64. The molecule has 0 bridgehead atoms. The molecule has 0 saturated heterocycles. The number of carbonyl (C=O) groups is 3. The van der Waals surface area contributed by atoms with Crippen LogP contribution in [0.15, 0.2) is 40.3 Å². The van der Waals surface area contributed by atoms with Crippen LogP contribution in [-0.2, 0) is 19.1 Å². The quantitative estimate of drug-likeness (QED) is 0.183. The third kappa shape index (κ3) is 9.24. The van der Waals surface area contributed by atoms with E-state index in [0.717, 1.165) is 58.9 Å². The van der Waals surface area contributed by atoms with E-state index in [-0.39, 0.29) is 9.41 Å². The van der Waals surface area contributed by atoms with Crippen molar-refractivity contribution in [3.8, 4) is 0 Å². The van der Waals surface area contributed by atoms with Crippen LogP contribution < -0.4 is 5.32 Å². The van der Waals surface area contributed by atoms with E-state index in [0.29, 0.717) is 0 Å². The van der Waals surface area contributed by atoms with Crippen LogP contribution in [0.4, 0.5) is 4.39 Å². The number of halogens is 1. The van der Waals surface area contributed by atoms with Crippen molar-refractivity contribution >= 4 is 36.2 Å². The fourth-order valence-corrected chi connectivity index (χ4v) is 18.9. The summed E-state index contributed by atoms with van der Waals surface area (Å²) in [6.45, 7) is 6.27. The summed E-state index contributed by atoms with van der Waals surface area (Å²) in [7, 11) is 2.35. The van der Waals surface area contributed by atoms with Gasteiger partial charge < -0.3 is 0 Å². The van der Waals surface area contributed by atoms with Crippen LogP contribution in [0.3, 0.4) is 0 Å². The molecule has 0 spiro atoms. The maximum atomic E-state index is 16.5. The standard InChI is InChI=1S/C15H15FNO5.3C4H9.Sn/c1-21-12(18)10-15(8-9-16,14(20)22-2)17-13(19)11-6-4-3-5-7-11;3*1-3-4-2;/h3-8H,10H2,1-2H3,(H,17,19);3*1,3-4H2,2H3;.